The van der Waals surface area contributed by atoms with Gasteiger partial charge in [0, 0.05) is 49.2 Å². The second-order valence-corrected chi connectivity index (χ2v) is 10.4. The highest BCUT2D eigenvalue weighted by molar-refractivity contribution is 14.0. The third kappa shape index (κ3) is 9.29. The minimum atomic E-state index is -2.95. The highest BCUT2D eigenvalue weighted by Gasteiger charge is 2.24. The molecule has 2 rings (SSSR count). The predicted molar refractivity (Wildman–Crippen MR) is 135 cm³/mol. The van der Waals surface area contributed by atoms with Crippen LogP contribution in [-0.2, 0) is 9.84 Å². The molecule has 6 nitrogen and oxygen atoms in total. The monoisotopic (exact) mass is 556 g/mol. The van der Waals surface area contributed by atoms with Gasteiger partial charge in [-0.05, 0) is 57.2 Å². The second kappa shape index (κ2) is 12.2. The van der Waals surface area contributed by atoms with Gasteiger partial charge in [0.15, 0.2) is 5.96 Å². The maximum Gasteiger partial charge on any atom is 0.191 e. The van der Waals surface area contributed by atoms with E-state index in [0.29, 0.717) is 12.3 Å². The molecule has 2 N–H and O–H groups in total. The number of rotatable bonds is 8. The molecule has 9 heteroatoms. The van der Waals surface area contributed by atoms with Crippen LogP contribution in [0.1, 0.15) is 32.3 Å². The number of anilines is 1. The molecule has 1 aromatic rings. The SMILES string of the molecule is CCNC(=NCC1CCN(c2cc(Cl)ccc2C)C1)NC(C)CCS(C)(=O)=O.I. The smallest absolute Gasteiger partial charge is 0.191 e. The Bertz CT molecular complexity index is 789. The van der Waals surface area contributed by atoms with E-state index in [1.165, 1.54) is 17.5 Å². The van der Waals surface area contributed by atoms with Crippen LogP contribution in [0, 0.1) is 12.8 Å². The van der Waals surface area contributed by atoms with Crippen molar-refractivity contribution in [2.24, 2.45) is 10.9 Å². The molecule has 0 saturated carbocycles. The van der Waals surface area contributed by atoms with Crippen LogP contribution in [0.3, 0.4) is 0 Å². The molecular weight excluding hydrogens is 523 g/mol. The molecule has 0 aromatic heterocycles. The number of guanidine groups is 1. The van der Waals surface area contributed by atoms with Crippen molar-refractivity contribution in [1.29, 1.82) is 0 Å². The molecule has 0 amide bonds. The molecule has 0 spiro atoms. The summed E-state index contributed by atoms with van der Waals surface area (Å²) >= 11 is 6.17. The Labute approximate surface area is 197 Å². The van der Waals surface area contributed by atoms with Crippen molar-refractivity contribution in [3.63, 3.8) is 0 Å². The predicted octanol–water partition coefficient (Wildman–Crippen LogP) is 3.47. The zero-order valence-electron chi connectivity index (χ0n) is 17.7. The number of hydrogen-bond donors (Lipinski definition) is 2. The molecular formula is C20H34ClIN4O2S. The first-order valence-electron chi connectivity index (χ1n) is 9.91. The van der Waals surface area contributed by atoms with E-state index in [-0.39, 0.29) is 35.8 Å². The van der Waals surface area contributed by atoms with Crippen molar-refractivity contribution in [1.82, 2.24) is 10.6 Å². The summed E-state index contributed by atoms with van der Waals surface area (Å²) in [5, 5.41) is 7.34. The fourth-order valence-electron chi connectivity index (χ4n) is 3.36. The van der Waals surface area contributed by atoms with Gasteiger partial charge in [-0.25, -0.2) is 8.42 Å². The lowest BCUT2D eigenvalue weighted by Crippen LogP contribution is -2.43. The summed E-state index contributed by atoms with van der Waals surface area (Å²) < 4.78 is 22.7. The van der Waals surface area contributed by atoms with Crippen LogP contribution in [0.2, 0.25) is 5.02 Å². The number of hydrogen-bond acceptors (Lipinski definition) is 4. The molecule has 0 aliphatic carbocycles. The van der Waals surface area contributed by atoms with Crippen molar-refractivity contribution in [2.75, 3.05) is 43.1 Å². The maximum atomic E-state index is 11.4. The van der Waals surface area contributed by atoms with Crippen LogP contribution >= 0.6 is 35.6 Å². The van der Waals surface area contributed by atoms with Gasteiger partial charge < -0.3 is 15.5 Å². The molecule has 166 valence electrons. The number of nitrogens with one attached hydrogen (secondary N) is 2. The lowest BCUT2D eigenvalue weighted by atomic mass is 10.1. The number of aryl methyl sites for hydroxylation is 1. The molecule has 29 heavy (non-hydrogen) atoms. The van der Waals surface area contributed by atoms with Gasteiger partial charge in [0.25, 0.3) is 0 Å². The Morgan fingerprint density at radius 3 is 2.79 bits per heavy atom. The van der Waals surface area contributed by atoms with E-state index >= 15 is 0 Å². The fourth-order valence-corrected chi connectivity index (χ4v) is 4.31. The quantitative estimate of drug-likeness (QED) is 0.291. The molecule has 1 saturated heterocycles. The summed E-state index contributed by atoms with van der Waals surface area (Å²) in [5.74, 6) is 1.41. The Hall–Kier alpha value is -0.740. The van der Waals surface area contributed by atoms with Crippen LogP contribution in [0.5, 0.6) is 0 Å². The normalized spacial score (nSPS) is 18.3. The Kier molecular flexibility index (Phi) is 11.1. The van der Waals surface area contributed by atoms with Crippen LogP contribution in [0.4, 0.5) is 5.69 Å². The van der Waals surface area contributed by atoms with Gasteiger partial charge in [-0.2, -0.15) is 0 Å². The topological polar surface area (TPSA) is 73.8 Å². The summed E-state index contributed by atoms with van der Waals surface area (Å²) in [6.07, 6.45) is 2.93. The lowest BCUT2D eigenvalue weighted by Gasteiger charge is -2.21. The molecule has 0 radical (unpaired) electrons. The third-order valence-electron chi connectivity index (χ3n) is 4.95. The van der Waals surface area contributed by atoms with E-state index in [1.54, 1.807) is 0 Å². The molecule has 1 aromatic carbocycles. The van der Waals surface area contributed by atoms with E-state index in [4.69, 9.17) is 16.6 Å². The largest absolute Gasteiger partial charge is 0.371 e. The van der Waals surface area contributed by atoms with Crippen molar-refractivity contribution >= 4 is 57.1 Å². The van der Waals surface area contributed by atoms with Gasteiger partial charge in [0.2, 0.25) is 0 Å². The lowest BCUT2D eigenvalue weighted by molar-refractivity contribution is 0.574. The molecule has 2 unspecified atom stereocenters. The minimum absolute atomic E-state index is 0. The zero-order valence-corrected chi connectivity index (χ0v) is 21.6. The fraction of sp³-hybridized carbons (Fsp3) is 0.650. The maximum absolute atomic E-state index is 11.4. The van der Waals surface area contributed by atoms with E-state index in [9.17, 15) is 8.42 Å². The van der Waals surface area contributed by atoms with E-state index in [1.807, 2.05) is 26.0 Å². The molecule has 1 aliphatic heterocycles. The first-order valence-corrected chi connectivity index (χ1v) is 12.4. The Balaban J connectivity index is 0.00000420. The van der Waals surface area contributed by atoms with E-state index in [0.717, 1.165) is 43.6 Å². The second-order valence-electron chi connectivity index (χ2n) is 7.72. The van der Waals surface area contributed by atoms with E-state index in [2.05, 4.69) is 28.5 Å². The van der Waals surface area contributed by atoms with Crippen LogP contribution in [0.25, 0.3) is 0 Å². The first kappa shape index (κ1) is 26.3. The standard InChI is InChI=1S/C20H33ClN4O2S.HI/c1-5-22-20(24-16(3)9-11-28(4,26)27)23-13-17-8-10-25(14-17)19-12-18(21)7-6-15(19)2;/h6-7,12,16-17H,5,8-11,13-14H2,1-4H3,(H2,22,23,24);1H. The van der Waals surface area contributed by atoms with Gasteiger partial charge in [-0.1, -0.05) is 17.7 Å². The van der Waals surface area contributed by atoms with Gasteiger partial charge in [-0.15, -0.1) is 24.0 Å². The molecule has 1 fully saturated rings. The Morgan fingerprint density at radius 2 is 2.14 bits per heavy atom. The van der Waals surface area contributed by atoms with Gasteiger partial charge in [0.05, 0.1) is 5.75 Å². The number of nitrogens with zero attached hydrogens (tertiary/aromatic N) is 2. The number of benzene rings is 1. The van der Waals surface area contributed by atoms with Gasteiger partial charge in [-0.3, -0.25) is 4.99 Å². The van der Waals surface area contributed by atoms with Crippen LogP contribution in [0.15, 0.2) is 23.2 Å². The van der Waals surface area contributed by atoms with Gasteiger partial charge in [0.1, 0.15) is 9.84 Å². The van der Waals surface area contributed by atoms with Crippen molar-refractivity contribution in [3.8, 4) is 0 Å². The average Bonchev–Trinajstić information content (AvgIpc) is 3.08. The highest BCUT2D eigenvalue weighted by atomic mass is 127. The summed E-state index contributed by atoms with van der Waals surface area (Å²) in [7, 11) is -2.95. The number of halogens is 2. The average molecular weight is 557 g/mol. The molecule has 0 bridgehead atoms. The summed E-state index contributed by atoms with van der Waals surface area (Å²) in [6.45, 7) is 9.61. The van der Waals surface area contributed by atoms with Gasteiger partial charge >= 0.3 is 0 Å². The minimum Gasteiger partial charge on any atom is -0.371 e. The summed E-state index contributed by atoms with van der Waals surface area (Å²) in [5.41, 5.74) is 2.45. The van der Waals surface area contributed by atoms with Crippen molar-refractivity contribution in [3.05, 3.63) is 28.8 Å². The molecule has 1 aliphatic rings. The Morgan fingerprint density at radius 1 is 1.41 bits per heavy atom. The summed E-state index contributed by atoms with van der Waals surface area (Å²) in [6, 6.07) is 6.07. The van der Waals surface area contributed by atoms with Crippen LogP contribution < -0.4 is 15.5 Å². The molecule has 2 atom stereocenters. The van der Waals surface area contributed by atoms with Crippen molar-refractivity contribution < 1.29 is 8.42 Å². The van der Waals surface area contributed by atoms with E-state index < -0.39 is 9.84 Å². The number of aliphatic imine (C=N–C) groups is 1. The highest BCUT2D eigenvalue weighted by Crippen LogP contribution is 2.29. The molecule has 1 heterocycles. The summed E-state index contributed by atoms with van der Waals surface area (Å²) in [4.78, 5) is 7.13. The first-order chi connectivity index (χ1) is 13.2. The number of sulfone groups is 1. The zero-order chi connectivity index (χ0) is 20.7. The van der Waals surface area contributed by atoms with Crippen LogP contribution in [-0.4, -0.2) is 58.6 Å². The van der Waals surface area contributed by atoms with Crippen molar-refractivity contribution in [2.45, 2.75) is 39.7 Å². The third-order valence-corrected chi connectivity index (χ3v) is 6.17.